The Labute approximate surface area is 97.7 Å². The molecule has 0 aliphatic carbocycles. The first-order valence-corrected chi connectivity index (χ1v) is 5.68. The van der Waals surface area contributed by atoms with Crippen molar-refractivity contribution in [2.24, 2.45) is 0 Å². The second-order valence-electron chi connectivity index (χ2n) is 3.53. The molecule has 0 heterocycles. The lowest BCUT2D eigenvalue weighted by Gasteiger charge is -1.98. The van der Waals surface area contributed by atoms with Gasteiger partial charge in [0.2, 0.25) is 0 Å². The van der Waals surface area contributed by atoms with E-state index in [4.69, 9.17) is 14.9 Å². The molecular weight excluding hydrogens is 204 g/mol. The van der Waals surface area contributed by atoms with Crippen LogP contribution in [0, 0.1) is 6.92 Å². The molecule has 0 bridgehead atoms. The van der Waals surface area contributed by atoms with E-state index in [2.05, 4.69) is 13.8 Å². The molecule has 92 valence electrons. The first-order valence-electron chi connectivity index (χ1n) is 5.68. The molecule has 0 amide bonds. The lowest BCUT2D eigenvalue weighted by Crippen LogP contribution is -1.92. The number of benzene rings is 1. The molecular formula is C13H22O3. The van der Waals surface area contributed by atoms with Gasteiger partial charge in [-0.15, -0.1) is 0 Å². The Kier molecular flexibility index (Phi) is 8.35. The van der Waals surface area contributed by atoms with Crippen LogP contribution in [0.25, 0.3) is 0 Å². The van der Waals surface area contributed by atoms with Gasteiger partial charge in [-0.05, 0) is 31.9 Å². The van der Waals surface area contributed by atoms with Crippen molar-refractivity contribution in [3.05, 3.63) is 23.8 Å². The molecule has 3 heteroatoms. The van der Waals surface area contributed by atoms with Crippen LogP contribution in [0.2, 0.25) is 0 Å². The van der Waals surface area contributed by atoms with Crippen molar-refractivity contribution in [1.29, 1.82) is 0 Å². The molecule has 16 heavy (non-hydrogen) atoms. The predicted molar refractivity (Wildman–Crippen MR) is 65.9 cm³/mol. The monoisotopic (exact) mass is 226 g/mol. The van der Waals surface area contributed by atoms with Crippen LogP contribution >= 0.6 is 0 Å². The molecule has 0 radical (unpaired) electrons. The molecule has 3 nitrogen and oxygen atoms in total. The molecule has 1 aromatic rings. The summed E-state index contributed by atoms with van der Waals surface area (Å²) in [5, 5.41) is 17.9. The zero-order valence-electron chi connectivity index (χ0n) is 10.4. The van der Waals surface area contributed by atoms with Gasteiger partial charge in [0.05, 0.1) is 0 Å². The largest absolute Gasteiger partial charge is 0.508 e. The van der Waals surface area contributed by atoms with Gasteiger partial charge >= 0.3 is 0 Å². The van der Waals surface area contributed by atoms with E-state index in [0.717, 1.165) is 26.1 Å². The van der Waals surface area contributed by atoms with E-state index in [1.165, 1.54) is 12.1 Å². The van der Waals surface area contributed by atoms with Crippen LogP contribution in [0.4, 0.5) is 0 Å². The fourth-order valence-electron chi connectivity index (χ4n) is 1.00. The number of aromatic hydroxyl groups is 2. The fraction of sp³-hybridized carbons (Fsp3) is 0.538. The van der Waals surface area contributed by atoms with Crippen molar-refractivity contribution in [3.63, 3.8) is 0 Å². The van der Waals surface area contributed by atoms with Crippen molar-refractivity contribution >= 4 is 0 Å². The molecule has 0 fully saturated rings. The summed E-state index contributed by atoms with van der Waals surface area (Å²) < 4.78 is 5.13. The van der Waals surface area contributed by atoms with Crippen LogP contribution in [0.15, 0.2) is 18.2 Å². The van der Waals surface area contributed by atoms with E-state index in [1.807, 2.05) is 0 Å². The Morgan fingerprint density at radius 3 is 1.75 bits per heavy atom. The third kappa shape index (κ3) is 6.30. The summed E-state index contributed by atoms with van der Waals surface area (Å²) in [6.07, 6.45) is 2.28. The van der Waals surface area contributed by atoms with Crippen LogP contribution in [0.1, 0.15) is 32.3 Å². The topological polar surface area (TPSA) is 49.7 Å². The molecule has 0 unspecified atom stereocenters. The minimum Gasteiger partial charge on any atom is -0.508 e. The van der Waals surface area contributed by atoms with Crippen LogP contribution in [-0.4, -0.2) is 23.4 Å². The zero-order valence-corrected chi connectivity index (χ0v) is 10.4. The SMILES string of the molecule is CCCOCCC.Cc1c(O)cccc1O. The molecule has 0 saturated heterocycles. The van der Waals surface area contributed by atoms with Crippen molar-refractivity contribution in [2.75, 3.05) is 13.2 Å². The van der Waals surface area contributed by atoms with Crippen molar-refractivity contribution in [1.82, 2.24) is 0 Å². The lowest BCUT2D eigenvalue weighted by atomic mass is 10.2. The van der Waals surface area contributed by atoms with Gasteiger partial charge in [-0.25, -0.2) is 0 Å². The number of phenols is 2. The van der Waals surface area contributed by atoms with E-state index in [0.29, 0.717) is 5.56 Å². The quantitative estimate of drug-likeness (QED) is 0.775. The summed E-state index contributed by atoms with van der Waals surface area (Å²) in [6, 6.07) is 4.67. The molecule has 0 aromatic heterocycles. The highest BCUT2D eigenvalue weighted by molar-refractivity contribution is 5.41. The Morgan fingerprint density at radius 1 is 1.00 bits per heavy atom. The lowest BCUT2D eigenvalue weighted by molar-refractivity contribution is 0.135. The summed E-state index contributed by atoms with van der Waals surface area (Å²) in [5.74, 6) is 0.269. The van der Waals surface area contributed by atoms with Gasteiger partial charge < -0.3 is 14.9 Å². The van der Waals surface area contributed by atoms with Crippen LogP contribution in [-0.2, 0) is 4.74 Å². The van der Waals surface area contributed by atoms with Gasteiger partial charge in [0.25, 0.3) is 0 Å². The molecule has 2 N–H and O–H groups in total. The highest BCUT2D eigenvalue weighted by Crippen LogP contribution is 2.23. The average molecular weight is 226 g/mol. The molecule has 0 saturated carbocycles. The standard InChI is InChI=1S/C7H8O2.C6H14O/c1-5-6(8)3-2-4-7(5)9;1-3-5-7-6-4-2/h2-4,8-9H,1H3;3-6H2,1-2H3. The summed E-state index contributed by atoms with van der Waals surface area (Å²) in [7, 11) is 0. The van der Waals surface area contributed by atoms with E-state index in [-0.39, 0.29) is 11.5 Å². The highest BCUT2D eigenvalue weighted by atomic mass is 16.5. The molecule has 0 spiro atoms. The second kappa shape index (κ2) is 9.04. The minimum absolute atomic E-state index is 0.134. The molecule has 0 aliphatic heterocycles. The Morgan fingerprint density at radius 2 is 1.44 bits per heavy atom. The average Bonchev–Trinajstić information content (AvgIpc) is 2.27. The summed E-state index contributed by atoms with van der Waals surface area (Å²) in [6.45, 7) is 7.75. The van der Waals surface area contributed by atoms with Crippen LogP contribution < -0.4 is 0 Å². The first kappa shape index (κ1) is 14.8. The second-order valence-corrected chi connectivity index (χ2v) is 3.53. The van der Waals surface area contributed by atoms with E-state index in [9.17, 15) is 0 Å². The summed E-state index contributed by atoms with van der Waals surface area (Å²) in [4.78, 5) is 0. The molecule has 1 rings (SSSR count). The van der Waals surface area contributed by atoms with Crippen molar-refractivity contribution in [2.45, 2.75) is 33.6 Å². The predicted octanol–water partition coefficient (Wildman–Crippen LogP) is 3.23. The van der Waals surface area contributed by atoms with Gasteiger partial charge in [0, 0.05) is 18.8 Å². The number of hydrogen-bond donors (Lipinski definition) is 2. The molecule has 0 atom stereocenters. The highest BCUT2D eigenvalue weighted by Gasteiger charge is 1.97. The maximum absolute atomic E-state index is 8.94. The Bertz CT molecular complexity index is 260. The number of rotatable bonds is 4. The van der Waals surface area contributed by atoms with E-state index in [1.54, 1.807) is 13.0 Å². The van der Waals surface area contributed by atoms with Gasteiger partial charge in [0.1, 0.15) is 11.5 Å². The third-order valence-electron chi connectivity index (χ3n) is 1.97. The van der Waals surface area contributed by atoms with Crippen LogP contribution in [0.3, 0.4) is 0 Å². The maximum atomic E-state index is 8.94. The normalized spacial score (nSPS) is 9.44. The van der Waals surface area contributed by atoms with Gasteiger partial charge in [-0.1, -0.05) is 19.9 Å². The van der Waals surface area contributed by atoms with Crippen molar-refractivity contribution in [3.8, 4) is 11.5 Å². The molecule has 0 aliphatic rings. The first-order chi connectivity index (χ1) is 7.63. The Hall–Kier alpha value is -1.22. The van der Waals surface area contributed by atoms with Crippen molar-refractivity contribution < 1.29 is 14.9 Å². The van der Waals surface area contributed by atoms with Gasteiger partial charge in [-0.3, -0.25) is 0 Å². The maximum Gasteiger partial charge on any atom is 0.122 e. The van der Waals surface area contributed by atoms with Gasteiger partial charge in [-0.2, -0.15) is 0 Å². The summed E-state index contributed by atoms with van der Waals surface area (Å²) >= 11 is 0. The van der Waals surface area contributed by atoms with E-state index < -0.39 is 0 Å². The number of phenolic OH excluding ortho intramolecular Hbond substituents is 2. The smallest absolute Gasteiger partial charge is 0.122 e. The number of hydrogen-bond acceptors (Lipinski definition) is 3. The third-order valence-corrected chi connectivity index (χ3v) is 1.97. The van der Waals surface area contributed by atoms with Gasteiger partial charge in [0.15, 0.2) is 0 Å². The zero-order chi connectivity index (χ0) is 12.4. The summed E-state index contributed by atoms with van der Waals surface area (Å²) in [5.41, 5.74) is 0.525. The van der Waals surface area contributed by atoms with Crippen LogP contribution in [0.5, 0.6) is 11.5 Å². The fourth-order valence-corrected chi connectivity index (χ4v) is 1.00. The minimum atomic E-state index is 0.134. The number of ether oxygens (including phenoxy) is 1. The Balaban J connectivity index is 0.000000293. The molecule has 1 aromatic carbocycles. The van der Waals surface area contributed by atoms with E-state index >= 15 is 0 Å².